The molecular weight excluding hydrogens is 218 g/mol. The summed E-state index contributed by atoms with van der Waals surface area (Å²) in [4.78, 5) is 20.3. The number of likely N-dealkylation sites (N-methyl/N-ethyl adjacent to an activating group) is 1. The van der Waals surface area contributed by atoms with Crippen LogP contribution in [0, 0.1) is 0 Å². The van der Waals surface area contributed by atoms with Gasteiger partial charge in [-0.2, -0.15) is 0 Å². The number of hydrogen-bond donors (Lipinski definition) is 3. The third-order valence-corrected chi connectivity index (χ3v) is 2.74. The normalized spacial score (nSPS) is 14.4. The van der Waals surface area contributed by atoms with Crippen LogP contribution in [0.5, 0.6) is 0 Å². The van der Waals surface area contributed by atoms with Gasteiger partial charge >= 0.3 is 0 Å². The van der Waals surface area contributed by atoms with Crippen molar-refractivity contribution >= 4 is 5.91 Å². The number of H-pyrrole nitrogens is 1. The zero-order chi connectivity index (χ0) is 12.8. The highest BCUT2D eigenvalue weighted by molar-refractivity contribution is 5.81. The minimum atomic E-state index is -0.580. The first-order valence-electron chi connectivity index (χ1n) is 5.81. The van der Waals surface area contributed by atoms with Crippen LogP contribution < -0.4 is 11.5 Å². The SMILES string of the molecule is CCCC(N)N(C)C(=O)[C@@H](N)Cc1cnc[nH]1. The van der Waals surface area contributed by atoms with Crippen LogP contribution in [0.3, 0.4) is 0 Å². The molecule has 17 heavy (non-hydrogen) atoms. The first-order valence-corrected chi connectivity index (χ1v) is 5.81. The third-order valence-electron chi connectivity index (χ3n) is 2.74. The van der Waals surface area contributed by atoms with Crippen molar-refractivity contribution in [2.45, 2.75) is 38.4 Å². The van der Waals surface area contributed by atoms with E-state index in [1.165, 1.54) is 4.90 Å². The Morgan fingerprint density at radius 1 is 1.59 bits per heavy atom. The van der Waals surface area contributed by atoms with E-state index in [1.807, 2.05) is 6.92 Å². The molecule has 1 aromatic heterocycles. The first-order chi connectivity index (χ1) is 8.06. The maximum absolute atomic E-state index is 12.0. The molecule has 0 aliphatic carbocycles. The zero-order valence-corrected chi connectivity index (χ0v) is 10.4. The number of carbonyl (C=O) groups excluding carboxylic acids is 1. The van der Waals surface area contributed by atoms with Crippen LogP contribution in [0.25, 0.3) is 0 Å². The van der Waals surface area contributed by atoms with Crippen molar-refractivity contribution in [2.75, 3.05) is 7.05 Å². The highest BCUT2D eigenvalue weighted by Gasteiger charge is 2.22. The first kappa shape index (κ1) is 13.7. The number of carbonyl (C=O) groups is 1. The summed E-state index contributed by atoms with van der Waals surface area (Å²) in [5.41, 5.74) is 12.6. The molecule has 1 unspecified atom stereocenters. The van der Waals surface area contributed by atoms with Crippen molar-refractivity contribution < 1.29 is 4.79 Å². The maximum Gasteiger partial charge on any atom is 0.240 e. The minimum Gasteiger partial charge on any atom is -0.348 e. The Hall–Kier alpha value is -1.40. The molecule has 1 heterocycles. The van der Waals surface area contributed by atoms with Gasteiger partial charge in [0.05, 0.1) is 18.5 Å². The average molecular weight is 239 g/mol. The second-order valence-electron chi connectivity index (χ2n) is 4.19. The summed E-state index contributed by atoms with van der Waals surface area (Å²) in [6, 6.07) is -0.580. The van der Waals surface area contributed by atoms with Gasteiger partial charge in [0, 0.05) is 25.4 Å². The summed E-state index contributed by atoms with van der Waals surface area (Å²) < 4.78 is 0. The molecule has 1 aromatic rings. The maximum atomic E-state index is 12.0. The zero-order valence-electron chi connectivity index (χ0n) is 10.4. The van der Waals surface area contributed by atoms with Gasteiger partial charge in [-0.05, 0) is 6.42 Å². The molecule has 1 rings (SSSR count). The van der Waals surface area contributed by atoms with E-state index < -0.39 is 6.04 Å². The van der Waals surface area contributed by atoms with Crippen molar-refractivity contribution in [3.63, 3.8) is 0 Å². The molecule has 6 heteroatoms. The predicted molar refractivity (Wildman–Crippen MR) is 65.9 cm³/mol. The van der Waals surface area contributed by atoms with Gasteiger partial charge in [0.25, 0.3) is 0 Å². The number of rotatable bonds is 6. The third kappa shape index (κ3) is 3.83. The summed E-state index contributed by atoms with van der Waals surface area (Å²) in [6.45, 7) is 2.03. The molecule has 0 aliphatic rings. The van der Waals surface area contributed by atoms with Gasteiger partial charge < -0.3 is 21.4 Å². The highest BCUT2D eigenvalue weighted by Crippen LogP contribution is 2.04. The minimum absolute atomic E-state index is 0.138. The Bertz CT molecular complexity index is 338. The number of aromatic nitrogens is 2. The van der Waals surface area contributed by atoms with Gasteiger partial charge in [0.15, 0.2) is 0 Å². The Morgan fingerprint density at radius 3 is 2.82 bits per heavy atom. The molecule has 0 fully saturated rings. The predicted octanol–water partition coefficient (Wildman–Crippen LogP) is -0.177. The second-order valence-corrected chi connectivity index (χ2v) is 4.19. The average Bonchev–Trinajstić information content (AvgIpc) is 2.80. The van der Waals surface area contributed by atoms with Crippen molar-refractivity contribution in [1.29, 1.82) is 0 Å². The van der Waals surface area contributed by atoms with Crippen molar-refractivity contribution in [3.8, 4) is 0 Å². The largest absolute Gasteiger partial charge is 0.348 e. The van der Waals surface area contributed by atoms with Crippen LogP contribution in [0.4, 0.5) is 0 Å². The van der Waals surface area contributed by atoms with E-state index in [-0.39, 0.29) is 12.1 Å². The van der Waals surface area contributed by atoms with E-state index in [0.717, 1.165) is 18.5 Å². The lowest BCUT2D eigenvalue weighted by Gasteiger charge is -2.27. The van der Waals surface area contributed by atoms with Crippen LogP contribution in [0.1, 0.15) is 25.5 Å². The molecule has 5 N–H and O–H groups in total. The van der Waals surface area contributed by atoms with E-state index in [4.69, 9.17) is 11.5 Å². The quantitative estimate of drug-likeness (QED) is 0.599. The number of nitrogens with zero attached hydrogens (tertiary/aromatic N) is 2. The molecule has 0 saturated heterocycles. The summed E-state index contributed by atoms with van der Waals surface area (Å²) in [6.07, 6.45) is 5.13. The smallest absolute Gasteiger partial charge is 0.240 e. The van der Waals surface area contributed by atoms with E-state index in [9.17, 15) is 4.79 Å². The Morgan fingerprint density at radius 2 is 2.29 bits per heavy atom. The molecule has 0 bridgehead atoms. The molecule has 0 saturated carbocycles. The van der Waals surface area contributed by atoms with E-state index in [0.29, 0.717) is 6.42 Å². The van der Waals surface area contributed by atoms with Crippen molar-refractivity contribution in [3.05, 3.63) is 18.2 Å². The molecule has 6 nitrogen and oxygen atoms in total. The molecule has 96 valence electrons. The fraction of sp³-hybridized carbons (Fsp3) is 0.636. The van der Waals surface area contributed by atoms with Crippen LogP contribution >= 0.6 is 0 Å². The number of imidazole rings is 1. The lowest BCUT2D eigenvalue weighted by molar-refractivity contribution is -0.133. The number of nitrogens with two attached hydrogens (primary N) is 2. The standard InChI is InChI=1S/C11H21N5O/c1-3-4-10(13)16(2)11(17)9(12)5-8-6-14-7-15-8/h6-7,9-10H,3-5,12-13H2,1-2H3,(H,14,15)/t9-,10?/m0/s1. The number of aromatic amines is 1. The van der Waals surface area contributed by atoms with Gasteiger partial charge in [-0.1, -0.05) is 13.3 Å². The van der Waals surface area contributed by atoms with E-state index in [2.05, 4.69) is 9.97 Å². The summed E-state index contributed by atoms with van der Waals surface area (Å²) in [7, 11) is 1.69. The number of hydrogen-bond acceptors (Lipinski definition) is 4. The molecule has 0 radical (unpaired) electrons. The van der Waals surface area contributed by atoms with Gasteiger partial charge in [-0.15, -0.1) is 0 Å². The summed E-state index contributed by atoms with van der Waals surface area (Å²) >= 11 is 0. The van der Waals surface area contributed by atoms with Gasteiger partial charge in [-0.3, -0.25) is 4.79 Å². The Balaban J connectivity index is 2.51. The Kier molecular flexibility index (Phi) is 5.11. The Labute approximate surface area is 101 Å². The fourth-order valence-electron chi connectivity index (χ4n) is 1.63. The lowest BCUT2D eigenvalue weighted by atomic mass is 10.1. The summed E-state index contributed by atoms with van der Waals surface area (Å²) in [5.74, 6) is -0.138. The molecule has 0 spiro atoms. The monoisotopic (exact) mass is 239 g/mol. The fourth-order valence-corrected chi connectivity index (χ4v) is 1.63. The van der Waals surface area contributed by atoms with Crippen molar-refractivity contribution in [2.24, 2.45) is 11.5 Å². The van der Waals surface area contributed by atoms with Gasteiger partial charge in [0.1, 0.15) is 0 Å². The van der Waals surface area contributed by atoms with Crippen LogP contribution in [0.2, 0.25) is 0 Å². The number of nitrogens with one attached hydrogen (secondary N) is 1. The molecule has 2 atom stereocenters. The van der Waals surface area contributed by atoms with E-state index >= 15 is 0 Å². The van der Waals surface area contributed by atoms with Gasteiger partial charge in [0.2, 0.25) is 5.91 Å². The van der Waals surface area contributed by atoms with E-state index in [1.54, 1.807) is 19.6 Å². The second kappa shape index (κ2) is 6.36. The molecular formula is C11H21N5O. The van der Waals surface area contributed by atoms with Crippen LogP contribution in [-0.4, -0.2) is 40.0 Å². The number of amides is 1. The van der Waals surface area contributed by atoms with Gasteiger partial charge in [-0.25, -0.2) is 4.98 Å². The summed E-state index contributed by atoms with van der Waals surface area (Å²) in [5, 5.41) is 0. The lowest BCUT2D eigenvalue weighted by Crippen LogP contribution is -2.50. The van der Waals surface area contributed by atoms with Crippen LogP contribution in [-0.2, 0) is 11.2 Å². The van der Waals surface area contributed by atoms with Crippen LogP contribution in [0.15, 0.2) is 12.5 Å². The molecule has 1 amide bonds. The highest BCUT2D eigenvalue weighted by atomic mass is 16.2. The van der Waals surface area contributed by atoms with Crippen molar-refractivity contribution in [1.82, 2.24) is 14.9 Å². The topological polar surface area (TPSA) is 101 Å². The molecule has 0 aliphatic heterocycles. The molecule has 0 aromatic carbocycles.